The molecule has 1 aromatic heterocycles. The van der Waals surface area contributed by atoms with Gasteiger partial charge in [0, 0.05) is 12.4 Å². The second-order valence-electron chi connectivity index (χ2n) is 2.61. The number of nitrogens with zero attached hydrogens (tertiary/aromatic N) is 1. The molecule has 0 saturated heterocycles. The van der Waals surface area contributed by atoms with Gasteiger partial charge in [-0.15, -0.1) is 0 Å². The summed E-state index contributed by atoms with van der Waals surface area (Å²) in [7, 11) is 0. The lowest BCUT2D eigenvalue weighted by Crippen LogP contribution is -2.21. The minimum atomic E-state index is -5.02. The Morgan fingerprint density at radius 3 is 2.60 bits per heavy atom. The van der Waals surface area contributed by atoms with E-state index in [4.69, 9.17) is 0 Å². The van der Waals surface area contributed by atoms with Crippen LogP contribution in [0.1, 0.15) is 5.56 Å². The number of carbonyl (C=O) groups is 1. The van der Waals surface area contributed by atoms with Crippen molar-refractivity contribution in [2.45, 2.75) is 6.18 Å². The number of hydrogen-bond acceptors (Lipinski definition) is 3. The lowest BCUT2D eigenvalue weighted by molar-refractivity contribution is -0.244. The Morgan fingerprint density at radius 2 is 2.13 bits per heavy atom. The SMILES string of the molecule is O=C(C=C([O-])c1cccnc1)C(F)(F)F. The molecule has 80 valence electrons. The first-order valence-electron chi connectivity index (χ1n) is 3.81. The largest absolute Gasteiger partial charge is 0.872 e. The highest BCUT2D eigenvalue weighted by Crippen LogP contribution is 2.18. The summed E-state index contributed by atoms with van der Waals surface area (Å²) in [5.74, 6) is -3.18. The van der Waals surface area contributed by atoms with Crippen molar-refractivity contribution in [2.24, 2.45) is 0 Å². The van der Waals surface area contributed by atoms with Crippen LogP contribution in [0.2, 0.25) is 0 Å². The molecule has 0 spiro atoms. The third-order valence-corrected chi connectivity index (χ3v) is 1.49. The Kier molecular flexibility index (Phi) is 3.08. The standard InChI is InChI=1S/C9H6F3NO2/c10-9(11,12)8(15)4-7(14)6-2-1-3-13-5-6/h1-5,14H/p-1. The zero-order valence-electron chi connectivity index (χ0n) is 7.28. The lowest BCUT2D eigenvalue weighted by atomic mass is 10.2. The Balaban J connectivity index is 2.91. The van der Waals surface area contributed by atoms with Crippen molar-refractivity contribution in [3.8, 4) is 0 Å². The van der Waals surface area contributed by atoms with Crippen molar-refractivity contribution in [1.29, 1.82) is 0 Å². The first-order valence-corrected chi connectivity index (χ1v) is 3.81. The van der Waals surface area contributed by atoms with Crippen LogP contribution in [0.25, 0.3) is 5.76 Å². The van der Waals surface area contributed by atoms with Gasteiger partial charge in [0.2, 0.25) is 0 Å². The van der Waals surface area contributed by atoms with Gasteiger partial charge in [-0.2, -0.15) is 13.2 Å². The van der Waals surface area contributed by atoms with E-state index in [1.165, 1.54) is 18.3 Å². The van der Waals surface area contributed by atoms with Gasteiger partial charge >= 0.3 is 6.18 Å². The monoisotopic (exact) mass is 216 g/mol. The van der Waals surface area contributed by atoms with Gasteiger partial charge in [0.25, 0.3) is 5.78 Å². The predicted molar refractivity (Wildman–Crippen MR) is 43.3 cm³/mol. The van der Waals surface area contributed by atoms with E-state index in [1.54, 1.807) is 0 Å². The molecule has 0 aliphatic heterocycles. The van der Waals surface area contributed by atoms with Gasteiger partial charge in [0.05, 0.1) is 0 Å². The molecule has 0 aliphatic rings. The zero-order chi connectivity index (χ0) is 11.5. The summed E-state index contributed by atoms with van der Waals surface area (Å²) >= 11 is 0. The molecule has 0 radical (unpaired) electrons. The van der Waals surface area contributed by atoms with Crippen molar-refractivity contribution >= 4 is 11.5 Å². The highest BCUT2D eigenvalue weighted by Gasteiger charge is 2.36. The average Bonchev–Trinajstić information content (AvgIpc) is 2.17. The topological polar surface area (TPSA) is 53.0 Å². The summed E-state index contributed by atoms with van der Waals surface area (Å²) in [6.45, 7) is 0. The average molecular weight is 216 g/mol. The van der Waals surface area contributed by atoms with Crippen molar-refractivity contribution in [3.63, 3.8) is 0 Å². The van der Waals surface area contributed by atoms with Crippen LogP contribution in [-0.2, 0) is 4.79 Å². The molecule has 0 N–H and O–H groups in total. The number of alkyl halides is 3. The molecule has 0 amide bonds. The molecule has 0 aromatic carbocycles. The Labute approximate surface area is 82.9 Å². The maximum atomic E-state index is 11.8. The molecular formula is C9H5F3NO2-. The summed E-state index contributed by atoms with van der Waals surface area (Å²) in [6, 6.07) is 2.66. The number of aromatic nitrogens is 1. The van der Waals surface area contributed by atoms with Crippen LogP contribution in [0.3, 0.4) is 0 Å². The summed E-state index contributed by atoms with van der Waals surface area (Å²) in [5, 5.41) is 11.1. The van der Waals surface area contributed by atoms with Gasteiger partial charge < -0.3 is 5.11 Å². The number of pyridine rings is 1. The molecule has 0 atom stereocenters. The Hall–Kier alpha value is -1.85. The van der Waals surface area contributed by atoms with Gasteiger partial charge in [0.15, 0.2) is 0 Å². The fourth-order valence-corrected chi connectivity index (χ4v) is 0.793. The second-order valence-corrected chi connectivity index (χ2v) is 2.61. The molecule has 1 rings (SSSR count). The molecule has 1 heterocycles. The molecule has 0 fully saturated rings. The second kappa shape index (κ2) is 4.12. The quantitative estimate of drug-likeness (QED) is 0.545. The smallest absolute Gasteiger partial charge is 0.454 e. The predicted octanol–water partition coefficient (Wildman–Crippen LogP) is 0.914. The first kappa shape index (κ1) is 11.2. The molecule has 3 nitrogen and oxygen atoms in total. The number of rotatable bonds is 2. The third-order valence-electron chi connectivity index (χ3n) is 1.49. The molecule has 0 aliphatic carbocycles. The van der Waals surface area contributed by atoms with Gasteiger partial charge in [-0.05, 0) is 17.7 Å². The van der Waals surface area contributed by atoms with Crippen LogP contribution in [0.15, 0.2) is 30.6 Å². The van der Waals surface area contributed by atoms with E-state index in [-0.39, 0.29) is 11.6 Å². The number of hydrogen-bond donors (Lipinski definition) is 0. The van der Waals surface area contributed by atoms with E-state index in [1.807, 2.05) is 0 Å². The summed E-state index contributed by atoms with van der Waals surface area (Å²) in [6.07, 6.45) is -2.56. The number of halogens is 3. The van der Waals surface area contributed by atoms with Gasteiger partial charge in [0.1, 0.15) is 0 Å². The van der Waals surface area contributed by atoms with E-state index in [0.29, 0.717) is 0 Å². The van der Waals surface area contributed by atoms with Crippen molar-refractivity contribution in [1.82, 2.24) is 4.98 Å². The maximum absolute atomic E-state index is 11.8. The lowest BCUT2D eigenvalue weighted by Gasteiger charge is -2.11. The van der Waals surface area contributed by atoms with E-state index in [2.05, 4.69) is 4.98 Å². The van der Waals surface area contributed by atoms with Crippen molar-refractivity contribution in [3.05, 3.63) is 36.2 Å². The van der Waals surface area contributed by atoms with E-state index >= 15 is 0 Å². The fraction of sp³-hybridized carbons (Fsp3) is 0.111. The highest BCUT2D eigenvalue weighted by molar-refractivity contribution is 5.98. The van der Waals surface area contributed by atoms with Crippen LogP contribution >= 0.6 is 0 Å². The van der Waals surface area contributed by atoms with E-state index < -0.39 is 17.7 Å². The van der Waals surface area contributed by atoms with Crippen molar-refractivity contribution in [2.75, 3.05) is 0 Å². The number of carbonyl (C=O) groups excluding carboxylic acids is 1. The van der Waals surface area contributed by atoms with Crippen LogP contribution in [-0.4, -0.2) is 16.9 Å². The van der Waals surface area contributed by atoms with Crippen molar-refractivity contribution < 1.29 is 23.1 Å². The van der Waals surface area contributed by atoms with Crippen LogP contribution in [0.4, 0.5) is 13.2 Å². The minimum absolute atomic E-state index is 0.0109. The normalized spacial score (nSPS) is 12.6. The molecule has 0 saturated carbocycles. The van der Waals surface area contributed by atoms with E-state index in [0.717, 1.165) is 6.20 Å². The van der Waals surface area contributed by atoms with Gasteiger partial charge in [-0.25, -0.2) is 0 Å². The van der Waals surface area contributed by atoms with Gasteiger partial charge in [-0.3, -0.25) is 9.78 Å². The number of allylic oxidation sites excluding steroid dienone is 1. The molecule has 0 bridgehead atoms. The molecule has 6 heteroatoms. The summed E-state index contributed by atoms with van der Waals surface area (Å²) < 4.78 is 35.3. The first-order chi connectivity index (χ1) is 6.91. The van der Waals surface area contributed by atoms with E-state index in [9.17, 15) is 23.1 Å². The fourth-order valence-electron chi connectivity index (χ4n) is 0.793. The highest BCUT2D eigenvalue weighted by atomic mass is 19.4. The zero-order valence-corrected chi connectivity index (χ0v) is 7.28. The Bertz CT molecular complexity index is 384. The molecule has 1 aromatic rings. The summed E-state index contributed by atoms with van der Waals surface area (Å²) in [4.78, 5) is 14.0. The van der Waals surface area contributed by atoms with Crippen LogP contribution in [0, 0.1) is 0 Å². The minimum Gasteiger partial charge on any atom is -0.872 e. The third kappa shape index (κ3) is 3.08. The van der Waals surface area contributed by atoms with Crippen LogP contribution in [0.5, 0.6) is 0 Å². The molecular weight excluding hydrogens is 211 g/mol. The van der Waals surface area contributed by atoms with Crippen LogP contribution < -0.4 is 5.11 Å². The molecule has 15 heavy (non-hydrogen) atoms. The van der Waals surface area contributed by atoms with Gasteiger partial charge in [-0.1, -0.05) is 11.8 Å². The molecule has 0 unspecified atom stereocenters. The maximum Gasteiger partial charge on any atom is 0.454 e. The number of ketones is 1. The Morgan fingerprint density at radius 1 is 1.47 bits per heavy atom. The summed E-state index contributed by atoms with van der Waals surface area (Å²) in [5.41, 5.74) is -0.0601.